The van der Waals surface area contributed by atoms with Crippen LogP contribution in [0.15, 0.2) is 41.2 Å². The molecule has 0 saturated heterocycles. The zero-order chi connectivity index (χ0) is 23.4. The number of aromatic hydroxyl groups is 2. The third kappa shape index (κ3) is 5.13. The fraction of sp³-hybridized carbons (Fsp3) is 0.385. The van der Waals surface area contributed by atoms with Crippen molar-refractivity contribution in [3.63, 3.8) is 0 Å². The number of nitrogens with zero attached hydrogens (tertiary/aromatic N) is 2. The zero-order valence-electron chi connectivity index (χ0n) is 19.6. The lowest BCUT2D eigenvalue weighted by molar-refractivity contribution is 0.445. The number of phenolic OH excluding ortho intramolecular Hbond substituents is 2. The fourth-order valence-electron chi connectivity index (χ4n) is 4.17. The van der Waals surface area contributed by atoms with Crippen LogP contribution in [0.3, 0.4) is 0 Å². The SMILES string of the molecule is CCc1cc(C(C)=NNC(=S)C(CC)CC2=CCc3c(C)cn(C)c3C=C2)c(O)cc1O. The van der Waals surface area contributed by atoms with Crippen molar-refractivity contribution in [2.45, 2.75) is 53.4 Å². The molecule has 1 unspecified atom stereocenters. The molecule has 0 fully saturated rings. The van der Waals surface area contributed by atoms with Gasteiger partial charge in [0.05, 0.1) is 10.7 Å². The first-order valence-corrected chi connectivity index (χ1v) is 11.6. The summed E-state index contributed by atoms with van der Waals surface area (Å²) < 4.78 is 2.18. The molecule has 1 aromatic heterocycles. The van der Waals surface area contributed by atoms with Crippen LogP contribution >= 0.6 is 12.2 Å². The van der Waals surface area contributed by atoms with Crippen molar-refractivity contribution >= 4 is 29.0 Å². The molecular weight excluding hydrogens is 418 g/mol. The number of hydrogen-bond donors (Lipinski definition) is 3. The highest BCUT2D eigenvalue weighted by Gasteiger charge is 2.17. The van der Waals surface area contributed by atoms with E-state index < -0.39 is 0 Å². The molecule has 1 aliphatic rings. The first-order chi connectivity index (χ1) is 15.2. The average Bonchev–Trinajstić information content (AvgIpc) is 2.91. The van der Waals surface area contributed by atoms with Gasteiger partial charge in [-0.2, -0.15) is 5.10 Å². The molecule has 0 radical (unpaired) electrons. The van der Waals surface area contributed by atoms with Crippen LogP contribution in [0.2, 0.25) is 0 Å². The molecule has 0 amide bonds. The first-order valence-electron chi connectivity index (χ1n) is 11.2. The van der Waals surface area contributed by atoms with Crippen molar-refractivity contribution in [2.24, 2.45) is 18.1 Å². The molecule has 170 valence electrons. The van der Waals surface area contributed by atoms with Crippen molar-refractivity contribution in [3.05, 3.63) is 64.0 Å². The van der Waals surface area contributed by atoms with Crippen molar-refractivity contribution in [1.82, 2.24) is 9.99 Å². The Hall–Kier alpha value is -2.86. The molecule has 0 aliphatic heterocycles. The normalized spacial score (nSPS) is 14.5. The van der Waals surface area contributed by atoms with Gasteiger partial charge in [0.25, 0.3) is 0 Å². The van der Waals surface area contributed by atoms with Gasteiger partial charge in [0.1, 0.15) is 11.5 Å². The number of allylic oxidation sites excluding steroid dienone is 3. The Morgan fingerprint density at radius 2 is 1.97 bits per heavy atom. The first kappa shape index (κ1) is 23.8. The van der Waals surface area contributed by atoms with Crippen molar-refractivity contribution < 1.29 is 10.2 Å². The summed E-state index contributed by atoms with van der Waals surface area (Å²) in [6.07, 6.45) is 12.2. The molecule has 1 aliphatic carbocycles. The molecule has 1 atom stereocenters. The summed E-state index contributed by atoms with van der Waals surface area (Å²) in [5.41, 5.74) is 10.3. The van der Waals surface area contributed by atoms with E-state index in [0.717, 1.165) is 24.8 Å². The highest BCUT2D eigenvalue weighted by Crippen LogP contribution is 2.29. The molecular formula is C26H33N3O2S. The van der Waals surface area contributed by atoms with E-state index in [9.17, 15) is 10.2 Å². The topological polar surface area (TPSA) is 69.8 Å². The number of aromatic nitrogens is 1. The Morgan fingerprint density at radius 3 is 2.66 bits per heavy atom. The summed E-state index contributed by atoms with van der Waals surface area (Å²) >= 11 is 5.67. The van der Waals surface area contributed by atoms with Crippen LogP contribution < -0.4 is 5.43 Å². The lowest BCUT2D eigenvalue weighted by atomic mass is 9.96. The highest BCUT2D eigenvalue weighted by molar-refractivity contribution is 7.80. The fourth-order valence-corrected chi connectivity index (χ4v) is 4.46. The quantitative estimate of drug-likeness (QED) is 0.293. The maximum Gasteiger partial charge on any atom is 0.128 e. The number of fused-ring (bicyclic) bond motifs is 1. The number of nitrogens with one attached hydrogen (secondary N) is 1. The lowest BCUT2D eigenvalue weighted by Gasteiger charge is -2.17. The van der Waals surface area contributed by atoms with Gasteiger partial charge in [-0.15, -0.1) is 0 Å². The molecule has 3 rings (SSSR count). The summed E-state index contributed by atoms with van der Waals surface area (Å²) in [5.74, 6) is 0.266. The van der Waals surface area contributed by atoms with Gasteiger partial charge in [0, 0.05) is 36.5 Å². The van der Waals surface area contributed by atoms with Crippen LogP contribution in [0.25, 0.3) is 6.08 Å². The largest absolute Gasteiger partial charge is 0.508 e. The van der Waals surface area contributed by atoms with Gasteiger partial charge in [-0.25, -0.2) is 0 Å². The predicted octanol–water partition coefficient (Wildman–Crippen LogP) is 5.56. The highest BCUT2D eigenvalue weighted by atomic mass is 32.1. The lowest BCUT2D eigenvalue weighted by Crippen LogP contribution is -2.26. The van der Waals surface area contributed by atoms with E-state index in [0.29, 0.717) is 22.7 Å². The van der Waals surface area contributed by atoms with Gasteiger partial charge in [0.2, 0.25) is 0 Å². The minimum Gasteiger partial charge on any atom is -0.508 e. The van der Waals surface area contributed by atoms with Crippen molar-refractivity contribution in [1.29, 1.82) is 0 Å². The molecule has 0 saturated carbocycles. The third-order valence-corrected chi connectivity index (χ3v) is 6.65. The molecule has 1 heterocycles. The van der Waals surface area contributed by atoms with Gasteiger partial charge in [-0.3, -0.25) is 5.43 Å². The maximum atomic E-state index is 10.2. The molecule has 6 heteroatoms. The van der Waals surface area contributed by atoms with Crippen LogP contribution in [0.1, 0.15) is 61.6 Å². The van der Waals surface area contributed by atoms with E-state index in [4.69, 9.17) is 12.2 Å². The van der Waals surface area contributed by atoms with E-state index >= 15 is 0 Å². The second kappa shape index (κ2) is 10.2. The molecule has 32 heavy (non-hydrogen) atoms. The van der Waals surface area contributed by atoms with E-state index in [1.165, 1.54) is 28.5 Å². The van der Waals surface area contributed by atoms with E-state index in [2.05, 4.69) is 60.4 Å². The molecule has 2 aromatic rings. The summed E-state index contributed by atoms with van der Waals surface area (Å²) in [6, 6.07) is 3.14. The van der Waals surface area contributed by atoms with E-state index in [1.807, 2.05) is 13.8 Å². The summed E-state index contributed by atoms with van der Waals surface area (Å²) in [4.78, 5) is 0.688. The average molecular weight is 452 g/mol. The number of benzene rings is 1. The Labute approximate surface area is 196 Å². The second-order valence-electron chi connectivity index (χ2n) is 8.44. The van der Waals surface area contributed by atoms with Crippen molar-refractivity contribution in [3.8, 4) is 11.5 Å². The van der Waals surface area contributed by atoms with Gasteiger partial charge in [-0.1, -0.05) is 43.8 Å². The summed E-state index contributed by atoms with van der Waals surface area (Å²) in [5, 5.41) is 24.6. The van der Waals surface area contributed by atoms with Gasteiger partial charge in [-0.05, 0) is 68.4 Å². The number of thiocarbonyl (C=S) groups is 1. The smallest absolute Gasteiger partial charge is 0.128 e. The molecule has 3 N–H and O–H groups in total. The third-order valence-electron chi connectivity index (χ3n) is 6.22. The number of phenols is 2. The Balaban J connectivity index is 1.70. The van der Waals surface area contributed by atoms with E-state index in [1.54, 1.807) is 6.07 Å². The van der Waals surface area contributed by atoms with Crippen LogP contribution in [0.5, 0.6) is 11.5 Å². The zero-order valence-corrected chi connectivity index (χ0v) is 20.4. The minimum atomic E-state index is 0.00400. The van der Waals surface area contributed by atoms with Crippen LogP contribution in [0.4, 0.5) is 0 Å². The summed E-state index contributed by atoms with van der Waals surface area (Å²) in [6.45, 7) is 8.07. The maximum absolute atomic E-state index is 10.2. The monoisotopic (exact) mass is 451 g/mol. The Bertz CT molecular complexity index is 1110. The van der Waals surface area contributed by atoms with Gasteiger partial charge >= 0.3 is 0 Å². The Morgan fingerprint density at radius 1 is 1.22 bits per heavy atom. The predicted molar refractivity (Wildman–Crippen MR) is 136 cm³/mol. The number of aryl methyl sites for hydroxylation is 3. The standard InChI is InChI=1S/C26H33N3O2S/c1-6-19-13-22(25(31)14-24(19)30)17(4)27-28-26(32)20(7-2)12-18-8-10-21-16(3)15-29(5)23(21)11-9-18/h8-9,11,13-15,20,30-31H,6-7,10,12H2,1-5H3,(H,28,32). The summed E-state index contributed by atoms with van der Waals surface area (Å²) in [7, 11) is 2.09. The van der Waals surface area contributed by atoms with Gasteiger partial charge in [0.15, 0.2) is 0 Å². The molecule has 0 spiro atoms. The molecule has 0 bridgehead atoms. The van der Waals surface area contributed by atoms with Crippen LogP contribution in [-0.4, -0.2) is 25.5 Å². The van der Waals surface area contributed by atoms with E-state index in [-0.39, 0.29) is 17.4 Å². The number of rotatable bonds is 7. The molecule has 1 aromatic carbocycles. The minimum absolute atomic E-state index is 0.00400. The van der Waals surface area contributed by atoms with Crippen LogP contribution in [0, 0.1) is 12.8 Å². The van der Waals surface area contributed by atoms with Gasteiger partial charge < -0.3 is 14.8 Å². The number of hydrogen-bond acceptors (Lipinski definition) is 4. The van der Waals surface area contributed by atoms with Crippen molar-refractivity contribution in [2.75, 3.05) is 0 Å². The Kier molecular flexibility index (Phi) is 7.56. The molecule has 5 nitrogen and oxygen atoms in total. The number of hydrazone groups is 1. The van der Waals surface area contributed by atoms with Crippen LogP contribution in [-0.2, 0) is 19.9 Å². The second-order valence-corrected chi connectivity index (χ2v) is 8.88.